The average Bonchev–Trinajstić information content (AvgIpc) is 2.78. The van der Waals surface area contributed by atoms with Crippen LogP contribution in [0.2, 0.25) is 0 Å². The lowest BCUT2D eigenvalue weighted by molar-refractivity contribution is -0.138. The van der Waals surface area contributed by atoms with Gasteiger partial charge in [0.1, 0.15) is 5.75 Å². The first kappa shape index (κ1) is 15.2. The summed E-state index contributed by atoms with van der Waals surface area (Å²) in [5.41, 5.74) is -0.612. The highest BCUT2D eigenvalue weighted by molar-refractivity contribution is 9.09. The van der Waals surface area contributed by atoms with Crippen LogP contribution in [-0.4, -0.2) is 24.9 Å². The summed E-state index contributed by atoms with van der Waals surface area (Å²) in [7, 11) is 1.19. The lowest BCUT2D eigenvalue weighted by Gasteiger charge is -2.19. The van der Waals surface area contributed by atoms with Gasteiger partial charge in [-0.1, -0.05) is 15.9 Å². The molecule has 1 aromatic carbocycles. The molecule has 1 aliphatic heterocycles. The van der Waals surface area contributed by atoms with Crippen molar-refractivity contribution in [2.24, 2.45) is 5.92 Å². The highest BCUT2D eigenvalue weighted by Crippen LogP contribution is 2.39. The topological polar surface area (TPSA) is 29.5 Å². The van der Waals surface area contributed by atoms with Gasteiger partial charge in [-0.15, -0.1) is 0 Å². The fourth-order valence-corrected chi connectivity index (χ4v) is 2.65. The molecule has 0 spiro atoms. The van der Waals surface area contributed by atoms with Crippen LogP contribution in [0.4, 0.5) is 18.9 Å². The summed E-state index contributed by atoms with van der Waals surface area (Å²) < 4.78 is 43.6. The molecule has 0 radical (unpaired) electrons. The number of benzene rings is 1. The van der Waals surface area contributed by atoms with Crippen molar-refractivity contribution < 1.29 is 22.7 Å². The molecule has 20 heavy (non-hydrogen) atoms. The van der Waals surface area contributed by atoms with Gasteiger partial charge in [0.05, 0.1) is 12.7 Å². The highest BCUT2D eigenvalue weighted by atomic mass is 79.9. The van der Waals surface area contributed by atoms with Crippen molar-refractivity contribution in [3.8, 4) is 5.75 Å². The largest absolute Gasteiger partial charge is 0.496 e. The number of hydrogen-bond acceptors (Lipinski definition) is 2. The second-order valence-electron chi connectivity index (χ2n) is 4.61. The maximum absolute atomic E-state index is 13.0. The van der Waals surface area contributed by atoms with Gasteiger partial charge in [-0.3, -0.25) is 4.79 Å². The number of amides is 1. The third-order valence-corrected chi connectivity index (χ3v) is 4.14. The average molecular weight is 352 g/mol. The summed E-state index contributed by atoms with van der Waals surface area (Å²) >= 11 is 3.29. The Balaban J connectivity index is 2.37. The SMILES string of the molecule is COc1ccc(N2CC(CBr)CC2=O)cc1C(F)(F)F. The number of carbonyl (C=O) groups is 1. The maximum atomic E-state index is 13.0. The molecular formula is C13H13BrF3NO2. The van der Waals surface area contributed by atoms with Crippen molar-refractivity contribution in [1.82, 2.24) is 0 Å². The van der Waals surface area contributed by atoms with Crippen LogP contribution >= 0.6 is 15.9 Å². The standard InChI is InChI=1S/C13H13BrF3NO2/c1-20-11-3-2-9(5-10(11)13(15,16)17)18-7-8(6-14)4-12(18)19/h2-3,5,8H,4,6-7H2,1H3. The number of nitrogens with zero attached hydrogens (tertiary/aromatic N) is 1. The number of hydrogen-bond donors (Lipinski definition) is 0. The molecule has 7 heteroatoms. The zero-order valence-electron chi connectivity index (χ0n) is 10.7. The van der Waals surface area contributed by atoms with Crippen molar-refractivity contribution in [3.63, 3.8) is 0 Å². The van der Waals surface area contributed by atoms with E-state index in [9.17, 15) is 18.0 Å². The van der Waals surface area contributed by atoms with Crippen LogP contribution in [0.15, 0.2) is 18.2 Å². The second-order valence-corrected chi connectivity index (χ2v) is 5.26. The second kappa shape index (κ2) is 5.63. The summed E-state index contributed by atoms with van der Waals surface area (Å²) in [5, 5.41) is 0.650. The van der Waals surface area contributed by atoms with E-state index in [1.165, 1.54) is 24.1 Å². The van der Waals surface area contributed by atoms with Gasteiger partial charge in [0, 0.05) is 24.0 Å². The number of carbonyl (C=O) groups excluding carboxylic acids is 1. The molecule has 1 amide bonds. The van der Waals surface area contributed by atoms with E-state index in [4.69, 9.17) is 4.74 Å². The lowest BCUT2D eigenvalue weighted by atomic mass is 10.1. The summed E-state index contributed by atoms with van der Waals surface area (Å²) in [6.07, 6.45) is -4.17. The molecule has 1 fully saturated rings. The molecule has 0 aromatic heterocycles. The zero-order chi connectivity index (χ0) is 14.9. The van der Waals surface area contributed by atoms with E-state index in [0.29, 0.717) is 18.3 Å². The molecule has 2 rings (SSSR count). The maximum Gasteiger partial charge on any atom is 0.420 e. The highest BCUT2D eigenvalue weighted by Gasteiger charge is 2.36. The van der Waals surface area contributed by atoms with Gasteiger partial charge in [-0.25, -0.2) is 0 Å². The minimum absolute atomic E-state index is 0.124. The minimum atomic E-state index is -4.51. The molecule has 0 N–H and O–H groups in total. The zero-order valence-corrected chi connectivity index (χ0v) is 12.3. The number of methoxy groups -OCH3 is 1. The van der Waals surface area contributed by atoms with Gasteiger partial charge in [0.25, 0.3) is 0 Å². The Bertz CT molecular complexity index is 519. The van der Waals surface area contributed by atoms with Gasteiger partial charge >= 0.3 is 6.18 Å². The van der Waals surface area contributed by atoms with Crippen LogP contribution in [0.25, 0.3) is 0 Å². The minimum Gasteiger partial charge on any atom is -0.496 e. The van der Waals surface area contributed by atoms with E-state index in [1.54, 1.807) is 0 Å². The van der Waals surface area contributed by atoms with Gasteiger partial charge in [-0.05, 0) is 24.1 Å². The monoisotopic (exact) mass is 351 g/mol. The molecule has 1 atom stereocenters. The molecule has 1 aliphatic rings. The normalized spacial score (nSPS) is 19.6. The van der Waals surface area contributed by atoms with Crippen molar-refractivity contribution in [3.05, 3.63) is 23.8 Å². The first-order valence-corrected chi connectivity index (χ1v) is 7.10. The Morgan fingerprint density at radius 1 is 1.45 bits per heavy atom. The summed E-state index contributed by atoms with van der Waals surface area (Å²) in [6.45, 7) is 0.424. The predicted octanol–water partition coefficient (Wildman–Crippen LogP) is 3.46. The quantitative estimate of drug-likeness (QED) is 0.780. The molecule has 1 saturated heterocycles. The number of rotatable bonds is 3. The Kier molecular flexibility index (Phi) is 4.27. The van der Waals surface area contributed by atoms with E-state index < -0.39 is 11.7 Å². The van der Waals surface area contributed by atoms with E-state index in [2.05, 4.69) is 15.9 Å². The molecule has 0 saturated carbocycles. The van der Waals surface area contributed by atoms with Gasteiger partial charge in [0.2, 0.25) is 5.91 Å². The van der Waals surface area contributed by atoms with Crippen molar-refractivity contribution in [2.75, 3.05) is 23.9 Å². The third kappa shape index (κ3) is 2.92. The summed E-state index contributed by atoms with van der Waals surface area (Å²) in [6, 6.07) is 3.68. The number of halogens is 4. The fraction of sp³-hybridized carbons (Fsp3) is 0.462. The Labute approximate surface area is 122 Å². The Hall–Kier alpha value is -1.24. The first-order chi connectivity index (χ1) is 9.36. The molecule has 0 bridgehead atoms. The molecular weight excluding hydrogens is 339 g/mol. The van der Waals surface area contributed by atoms with E-state index >= 15 is 0 Å². The van der Waals surface area contributed by atoms with Gasteiger partial charge < -0.3 is 9.64 Å². The first-order valence-electron chi connectivity index (χ1n) is 5.98. The van der Waals surface area contributed by atoms with Crippen LogP contribution in [0, 0.1) is 5.92 Å². The van der Waals surface area contributed by atoms with Gasteiger partial charge in [0.15, 0.2) is 0 Å². The number of ether oxygens (including phenoxy) is 1. The summed E-state index contributed by atoms with van der Waals surface area (Å²) in [5.74, 6) is -0.281. The van der Waals surface area contributed by atoms with E-state index in [0.717, 1.165) is 6.07 Å². The lowest BCUT2D eigenvalue weighted by Crippen LogP contribution is -2.25. The Morgan fingerprint density at radius 3 is 2.65 bits per heavy atom. The van der Waals surface area contributed by atoms with Crippen LogP contribution < -0.4 is 9.64 Å². The van der Waals surface area contributed by atoms with E-state index in [-0.39, 0.29) is 23.3 Å². The summed E-state index contributed by atoms with van der Waals surface area (Å²) in [4.78, 5) is 13.2. The van der Waals surface area contributed by atoms with Crippen molar-refractivity contribution in [1.29, 1.82) is 0 Å². The predicted molar refractivity (Wildman–Crippen MR) is 72.3 cm³/mol. The van der Waals surface area contributed by atoms with E-state index in [1.807, 2.05) is 0 Å². The van der Waals surface area contributed by atoms with Crippen molar-refractivity contribution in [2.45, 2.75) is 12.6 Å². The smallest absolute Gasteiger partial charge is 0.420 e. The fourth-order valence-electron chi connectivity index (χ4n) is 2.22. The van der Waals surface area contributed by atoms with Gasteiger partial charge in [-0.2, -0.15) is 13.2 Å². The third-order valence-electron chi connectivity index (χ3n) is 3.22. The van der Waals surface area contributed by atoms with Crippen LogP contribution in [-0.2, 0) is 11.0 Å². The molecule has 3 nitrogen and oxygen atoms in total. The van der Waals surface area contributed by atoms with Crippen LogP contribution in [0.5, 0.6) is 5.75 Å². The van der Waals surface area contributed by atoms with Crippen LogP contribution in [0.1, 0.15) is 12.0 Å². The molecule has 1 unspecified atom stereocenters. The molecule has 0 aliphatic carbocycles. The molecule has 110 valence electrons. The van der Waals surface area contributed by atoms with Crippen LogP contribution in [0.3, 0.4) is 0 Å². The Morgan fingerprint density at radius 2 is 2.15 bits per heavy atom. The molecule has 1 heterocycles. The number of anilines is 1. The molecule has 1 aromatic rings. The van der Waals surface area contributed by atoms with Crippen molar-refractivity contribution >= 4 is 27.5 Å². The number of alkyl halides is 4.